The molecule has 2 aromatic carbocycles. The van der Waals surface area contributed by atoms with E-state index >= 15 is 0 Å². The quantitative estimate of drug-likeness (QED) is 0.584. The summed E-state index contributed by atoms with van der Waals surface area (Å²) in [5, 5.41) is 17.1. The predicted molar refractivity (Wildman–Crippen MR) is 101 cm³/mol. The molecule has 0 unspecified atom stereocenters. The minimum absolute atomic E-state index is 0.0235. The van der Waals surface area contributed by atoms with Gasteiger partial charge in [0.05, 0.1) is 11.7 Å². The number of tetrazole rings is 1. The Labute approximate surface area is 150 Å². The highest BCUT2D eigenvalue weighted by atomic mass is 32.1. The Balaban J connectivity index is 1.56. The SMILES string of the molecule is C[C@@H](N[C@H](C)c1nnnn1-c1ccccc1)c1cc2ccccc2s1. The molecule has 2 atom stereocenters. The highest BCUT2D eigenvalue weighted by molar-refractivity contribution is 7.19. The minimum Gasteiger partial charge on any atom is -0.300 e. The Morgan fingerprint density at radius 1 is 0.960 bits per heavy atom. The number of thiophene rings is 1. The van der Waals surface area contributed by atoms with Crippen molar-refractivity contribution in [3.8, 4) is 5.69 Å². The van der Waals surface area contributed by atoms with E-state index in [2.05, 4.69) is 65.0 Å². The third-order valence-corrected chi connectivity index (χ3v) is 5.55. The average Bonchev–Trinajstić information content (AvgIpc) is 3.29. The zero-order valence-electron chi connectivity index (χ0n) is 14.1. The lowest BCUT2D eigenvalue weighted by atomic mass is 10.2. The van der Waals surface area contributed by atoms with E-state index in [1.165, 1.54) is 15.0 Å². The Bertz CT molecular complexity index is 943. The Kier molecular flexibility index (Phi) is 4.29. The maximum Gasteiger partial charge on any atom is 0.173 e. The highest BCUT2D eigenvalue weighted by Gasteiger charge is 2.19. The van der Waals surface area contributed by atoms with Crippen molar-refractivity contribution in [3.63, 3.8) is 0 Å². The molecule has 0 aliphatic carbocycles. The first-order valence-electron chi connectivity index (χ1n) is 8.30. The van der Waals surface area contributed by atoms with Crippen LogP contribution in [0.4, 0.5) is 0 Å². The zero-order chi connectivity index (χ0) is 17.2. The van der Waals surface area contributed by atoms with Gasteiger partial charge in [-0.1, -0.05) is 36.4 Å². The molecule has 6 heteroatoms. The Morgan fingerprint density at radius 3 is 2.52 bits per heavy atom. The third-order valence-electron chi connectivity index (χ3n) is 4.25. The fraction of sp³-hybridized carbons (Fsp3) is 0.211. The summed E-state index contributed by atoms with van der Waals surface area (Å²) >= 11 is 1.82. The van der Waals surface area contributed by atoms with E-state index in [1.807, 2.05) is 41.7 Å². The van der Waals surface area contributed by atoms with E-state index in [4.69, 9.17) is 0 Å². The molecular formula is C19H19N5S. The summed E-state index contributed by atoms with van der Waals surface area (Å²) in [7, 11) is 0. The summed E-state index contributed by atoms with van der Waals surface area (Å²) in [5.74, 6) is 0.805. The van der Waals surface area contributed by atoms with E-state index in [0.29, 0.717) is 0 Å². The zero-order valence-corrected chi connectivity index (χ0v) is 14.9. The number of fused-ring (bicyclic) bond motifs is 1. The van der Waals surface area contributed by atoms with Crippen LogP contribution < -0.4 is 5.32 Å². The second kappa shape index (κ2) is 6.74. The normalized spacial score (nSPS) is 13.8. The lowest BCUT2D eigenvalue weighted by Gasteiger charge is -2.18. The minimum atomic E-state index is 0.0235. The lowest BCUT2D eigenvalue weighted by Crippen LogP contribution is -2.24. The number of aromatic nitrogens is 4. The van der Waals surface area contributed by atoms with Gasteiger partial charge in [0.25, 0.3) is 0 Å². The smallest absolute Gasteiger partial charge is 0.173 e. The molecule has 0 spiro atoms. The van der Waals surface area contributed by atoms with Crippen LogP contribution >= 0.6 is 11.3 Å². The molecule has 0 radical (unpaired) electrons. The summed E-state index contributed by atoms with van der Waals surface area (Å²) in [6, 6.07) is 20.9. The van der Waals surface area contributed by atoms with Gasteiger partial charge >= 0.3 is 0 Å². The van der Waals surface area contributed by atoms with Crippen LogP contribution in [0.2, 0.25) is 0 Å². The predicted octanol–water partition coefficient (Wildman–Crippen LogP) is 4.29. The van der Waals surface area contributed by atoms with Gasteiger partial charge in [-0.2, -0.15) is 4.68 Å². The van der Waals surface area contributed by atoms with Gasteiger partial charge in [0.2, 0.25) is 0 Å². The third kappa shape index (κ3) is 3.18. The molecule has 2 heterocycles. The number of para-hydroxylation sites is 1. The van der Waals surface area contributed by atoms with E-state index in [-0.39, 0.29) is 12.1 Å². The van der Waals surface area contributed by atoms with Crippen LogP contribution in [0.5, 0.6) is 0 Å². The van der Waals surface area contributed by atoms with Crippen LogP contribution in [-0.4, -0.2) is 20.2 Å². The van der Waals surface area contributed by atoms with Gasteiger partial charge in [0.15, 0.2) is 5.82 Å². The summed E-state index contributed by atoms with van der Waals surface area (Å²) in [6.45, 7) is 4.27. The van der Waals surface area contributed by atoms with Crippen molar-refractivity contribution in [2.75, 3.05) is 0 Å². The average molecular weight is 349 g/mol. The van der Waals surface area contributed by atoms with Crippen molar-refractivity contribution >= 4 is 21.4 Å². The maximum atomic E-state index is 4.22. The van der Waals surface area contributed by atoms with Gasteiger partial charge in [-0.15, -0.1) is 16.4 Å². The van der Waals surface area contributed by atoms with Crippen LogP contribution in [0.15, 0.2) is 60.7 Å². The number of nitrogens with zero attached hydrogens (tertiary/aromatic N) is 4. The summed E-state index contributed by atoms with van der Waals surface area (Å²) in [6.07, 6.45) is 0. The number of nitrogens with one attached hydrogen (secondary N) is 1. The molecule has 0 fully saturated rings. The van der Waals surface area contributed by atoms with Crippen molar-refractivity contribution in [2.45, 2.75) is 25.9 Å². The Hall–Kier alpha value is -2.57. The Morgan fingerprint density at radius 2 is 1.72 bits per heavy atom. The number of benzene rings is 2. The fourth-order valence-corrected chi connectivity index (χ4v) is 4.04. The molecular weight excluding hydrogens is 330 g/mol. The van der Waals surface area contributed by atoms with Gasteiger partial charge in [0, 0.05) is 15.6 Å². The van der Waals surface area contributed by atoms with Gasteiger partial charge in [-0.05, 0) is 53.9 Å². The number of rotatable bonds is 5. The van der Waals surface area contributed by atoms with Gasteiger partial charge in [-0.25, -0.2) is 0 Å². The number of hydrogen-bond donors (Lipinski definition) is 1. The molecule has 0 aliphatic rings. The topological polar surface area (TPSA) is 55.6 Å². The molecule has 25 heavy (non-hydrogen) atoms. The van der Waals surface area contributed by atoms with Gasteiger partial charge in [0.1, 0.15) is 0 Å². The highest BCUT2D eigenvalue weighted by Crippen LogP contribution is 2.30. The second-order valence-corrected chi connectivity index (χ2v) is 7.20. The standard InChI is InChI=1S/C19H19N5S/c1-13(18-12-15-8-6-7-11-17(15)25-18)20-14(2)19-21-22-23-24(19)16-9-4-3-5-10-16/h3-14,20H,1-2H3/t13-,14-/m1/s1. The molecule has 0 saturated heterocycles. The van der Waals surface area contributed by atoms with E-state index in [1.54, 1.807) is 4.68 Å². The van der Waals surface area contributed by atoms with Crippen molar-refractivity contribution in [2.24, 2.45) is 0 Å². The summed E-state index contributed by atoms with van der Waals surface area (Å²) < 4.78 is 3.10. The van der Waals surface area contributed by atoms with Crippen molar-refractivity contribution < 1.29 is 0 Å². The maximum absolute atomic E-state index is 4.22. The molecule has 2 aromatic heterocycles. The summed E-state index contributed by atoms with van der Waals surface area (Å²) in [5.41, 5.74) is 0.964. The van der Waals surface area contributed by atoms with E-state index in [0.717, 1.165) is 11.5 Å². The van der Waals surface area contributed by atoms with Crippen LogP contribution in [0.1, 0.15) is 36.6 Å². The van der Waals surface area contributed by atoms with Crippen LogP contribution in [-0.2, 0) is 0 Å². The van der Waals surface area contributed by atoms with Crippen LogP contribution in [0.3, 0.4) is 0 Å². The second-order valence-electron chi connectivity index (χ2n) is 6.08. The molecule has 1 N–H and O–H groups in total. The van der Waals surface area contributed by atoms with E-state index < -0.39 is 0 Å². The molecule has 4 aromatic rings. The molecule has 126 valence electrons. The molecule has 0 aliphatic heterocycles. The van der Waals surface area contributed by atoms with E-state index in [9.17, 15) is 0 Å². The summed E-state index contributed by atoms with van der Waals surface area (Å²) in [4.78, 5) is 1.31. The molecule has 0 saturated carbocycles. The molecule has 0 bridgehead atoms. The van der Waals surface area contributed by atoms with Crippen LogP contribution in [0.25, 0.3) is 15.8 Å². The van der Waals surface area contributed by atoms with Crippen molar-refractivity contribution in [1.82, 2.24) is 25.5 Å². The van der Waals surface area contributed by atoms with Gasteiger partial charge < -0.3 is 5.32 Å². The fourth-order valence-electron chi connectivity index (χ4n) is 2.96. The molecule has 0 amide bonds. The van der Waals surface area contributed by atoms with Crippen molar-refractivity contribution in [3.05, 3.63) is 71.4 Å². The molecule has 5 nitrogen and oxygen atoms in total. The van der Waals surface area contributed by atoms with Gasteiger partial charge in [-0.3, -0.25) is 0 Å². The van der Waals surface area contributed by atoms with Crippen molar-refractivity contribution in [1.29, 1.82) is 0 Å². The lowest BCUT2D eigenvalue weighted by molar-refractivity contribution is 0.473. The number of hydrogen-bond acceptors (Lipinski definition) is 5. The molecule has 4 rings (SSSR count). The largest absolute Gasteiger partial charge is 0.300 e. The van der Waals surface area contributed by atoms with Crippen LogP contribution in [0, 0.1) is 0 Å². The first-order valence-corrected chi connectivity index (χ1v) is 9.12. The first-order chi connectivity index (χ1) is 12.2. The monoisotopic (exact) mass is 349 g/mol. The first kappa shape index (κ1) is 15.9.